The minimum atomic E-state index is -0.198. The van der Waals surface area contributed by atoms with E-state index in [2.05, 4.69) is 175 Å². The molecule has 8 fully saturated rings. The zero-order chi connectivity index (χ0) is 47.0. The van der Waals surface area contributed by atoms with Crippen molar-refractivity contribution in [2.45, 2.75) is 107 Å². The number of anilines is 2. The molecule has 3 heteroatoms. The second-order valence-electron chi connectivity index (χ2n) is 26.1. The van der Waals surface area contributed by atoms with Crippen molar-refractivity contribution in [2.75, 3.05) is 4.81 Å². The van der Waals surface area contributed by atoms with E-state index in [4.69, 9.17) is 0 Å². The summed E-state index contributed by atoms with van der Waals surface area (Å²) in [7, 11) is 0. The summed E-state index contributed by atoms with van der Waals surface area (Å²) in [6, 6.07) is 60.6. The van der Waals surface area contributed by atoms with Gasteiger partial charge in [0.05, 0.1) is 11.0 Å². The van der Waals surface area contributed by atoms with Gasteiger partial charge in [-0.15, -0.1) is 0 Å². The minimum absolute atomic E-state index is 0.0214. The Labute approximate surface area is 424 Å². The molecule has 0 saturated heterocycles. The lowest BCUT2D eigenvalue weighted by molar-refractivity contribution is -0.00526. The molecule has 3 heterocycles. The zero-order valence-electron chi connectivity index (χ0n) is 41.9. The van der Waals surface area contributed by atoms with Gasteiger partial charge >= 0.3 is 6.85 Å². The Kier molecular flexibility index (Phi) is 7.62. The average molecular weight is 929 g/mol. The van der Waals surface area contributed by atoms with Crippen LogP contribution in [0.15, 0.2) is 152 Å². The van der Waals surface area contributed by atoms with Crippen LogP contribution in [0.5, 0.6) is 0 Å². The van der Waals surface area contributed by atoms with E-state index in [9.17, 15) is 0 Å². The Morgan fingerprint density at radius 3 is 1.79 bits per heavy atom. The van der Waals surface area contributed by atoms with Crippen molar-refractivity contribution in [1.82, 2.24) is 4.57 Å². The molecule has 0 N–H and O–H groups in total. The average Bonchev–Trinajstić information content (AvgIpc) is 3.84. The van der Waals surface area contributed by atoms with Gasteiger partial charge in [-0.25, -0.2) is 0 Å². The van der Waals surface area contributed by atoms with Gasteiger partial charge in [0.2, 0.25) is 0 Å². The molecule has 2 aliphatic heterocycles. The van der Waals surface area contributed by atoms with Crippen molar-refractivity contribution in [3.05, 3.63) is 174 Å². The van der Waals surface area contributed by atoms with E-state index in [1.54, 1.807) is 11.1 Å². The van der Waals surface area contributed by atoms with Crippen LogP contribution in [-0.2, 0) is 16.2 Å². The molecule has 72 heavy (non-hydrogen) atoms. The van der Waals surface area contributed by atoms with E-state index in [-0.39, 0.29) is 17.7 Å². The summed E-state index contributed by atoms with van der Waals surface area (Å²) in [5.41, 5.74) is 24.7. The number of hydrogen-bond donors (Lipinski definition) is 0. The fourth-order valence-electron chi connectivity index (χ4n) is 19.9. The summed E-state index contributed by atoms with van der Waals surface area (Å²) < 4.78 is 2.82. The smallest absolute Gasteiger partial charge is 0.333 e. The fraction of sp³-hybridized carbons (Fsp3) is 0.333. The van der Waals surface area contributed by atoms with Crippen molar-refractivity contribution in [1.29, 1.82) is 0 Å². The number of rotatable bonds is 4. The lowest BCUT2D eigenvalue weighted by atomic mass is 9.42. The molecule has 0 spiro atoms. The number of benzene rings is 8. The molecule has 1 aromatic heterocycles. The van der Waals surface area contributed by atoms with E-state index in [0.717, 1.165) is 35.5 Å². The van der Waals surface area contributed by atoms with Gasteiger partial charge in [-0.05, 0) is 238 Å². The van der Waals surface area contributed by atoms with Crippen LogP contribution in [0, 0.1) is 35.5 Å². The maximum absolute atomic E-state index is 2.84. The Bertz CT molecular complexity index is 3800. The van der Waals surface area contributed by atoms with E-state index >= 15 is 0 Å². The van der Waals surface area contributed by atoms with Crippen molar-refractivity contribution >= 4 is 61.7 Å². The second-order valence-corrected chi connectivity index (χ2v) is 26.1. The number of fused-ring (bicyclic) bond motifs is 13. The van der Waals surface area contributed by atoms with E-state index < -0.39 is 0 Å². The highest BCUT2D eigenvalue weighted by atomic mass is 15.1. The minimum Gasteiger partial charge on any atom is -0.376 e. The molecule has 8 aromatic carbocycles. The maximum atomic E-state index is 2.84. The molecule has 0 amide bonds. The summed E-state index contributed by atoms with van der Waals surface area (Å²) in [4.78, 5) is 2.82. The van der Waals surface area contributed by atoms with Crippen molar-refractivity contribution < 1.29 is 0 Å². The van der Waals surface area contributed by atoms with Crippen molar-refractivity contribution in [3.63, 3.8) is 0 Å². The van der Waals surface area contributed by atoms with Gasteiger partial charge in [0, 0.05) is 38.8 Å². The van der Waals surface area contributed by atoms with Crippen LogP contribution in [0.4, 0.5) is 11.4 Å². The Balaban J connectivity index is 0.984. The van der Waals surface area contributed by atoms with Crippen molar-refractivity contribution in [2.24, 2.45) is 35.5 Å². The first-order chi connectivity index (χ1) is 35.3. The molecule has 0 radical (unpaired) electrons. The predicted octanol–water partition coefficient (Wildman–Crippen LogP) is 16.1. The lowest BCUT2D eigenvalue weighted by Gasteiger charge is -2.57. The largest absolute Gasteiger partial charge is 0.376 e. The van der Waals surface area contributed by atoms with Gasteiger partial charge in [-0.2, -0.15) is 0 Å². The molecule has 350 valence electrons. The monoisotopic (exact) mass is 928 g/mol. The molecule has 11 aliphatic rings. The summed E-state index contributed by atoms with van der Waals surface area (Å²) in [6.07, 6.45) is 17.1. The molecular formula is C69H61BN2. The molecule has 0 unspecified atom stereocenters. The van der Waals surface area contributed by atoms with Gasteiger partial charge in [0.1, 0.15) is 0 Å². The van der Waals surface area contributed by atoms with Gasteiger partial charge in [0.25, 0.3) is 0 Å². The first-order valence-electron chi connectivity index (χ1n) is 28.2. The van der Waals surface area contributed by atoms with Crippen LogP contribution >= 0.6 is 0 Å². The Morgan fingerprint density at radius 2 is 1.08 bits per heavy atom. The third-order valence-electron chi connectivity index (χ3n) is 21.8. The molecule has 9 aromatic rings. The summed E-state index contributed by atoms with van der Waals surface area (Å²) >= 11 is 0. The van der Waals surface area contributed by atoms with Crippen LogP contribution in [0.1, 0.15) is 113 Å². The van der Waals surface area contributed by atoms with Crippen LogP contribution in [-0.4, -0.2) is 11.4 Å². The second kappa shape index (κ2) is 13.6. The predicted molar refractivity (Wildman–Crippen MR) is 300 cm³/mol. The topological polar surface area (TPSA) is 8.17 Å². The normalized spacial score (nSPS) is 29.0. The highest BCUT2D eigenvalue weighted by molar-refractivity contribution is 6.94. The summed E-state index contributed by atoms with van der Waals surface area (Å²) in [5.74, 6) is 5.37. The van der Waals surface area contributed by atoms with E-state index in [1.807, 2.05) is 0 Å². The maximum Gasteiger partial charge on any atom is 0.333 e. The number of aromatic nitrogens is 1. The molecule has 0 atom stereocenters. The van der Waals surface area contributed by atoms with Gasteiger partial charge in [-0.1, -0.05) is 123 Å². The molecule has 2 nitrogen and oxygen atoms in total. The van der Waals surface area contributed by atoms with Gasteiger partial charge in [0.15, 0.2) is 0 Å². The van der Waals surface area contributed by atoms with Gasteiger partial charge < -0.3 is 9.38 Å². The molecular weight excluding hydrogens is 868 g/mol. The third kappa shape index (κ3) is 5.09. The van der Waals surface area contributed by atoms with Crippen molar-refractivity contribution in [3.8, 4) is 39.1 Å². The lowest BCUT2D eigenvalue weighted by Crippen LogP contribution is -2.61. The van der Waals surface area contributed by atoms with Crippen LogP contribution in [0.25, 0.3) is 71.6 Å². The molecule has 8 saturated carbocycles. The molecule has 8 bridgehead atoms. The highest BCUT2D eigenvalue weighted by Crippen LogP contribution is 2.64. The first-order valence-corrected chi connectivity index (χ1v) is 28.2. The summed E-state index contributed by atoms with van der Waals surface area (Å²) in [5, 5.41) is 5.66. The SMILES string of the molecule is CC1(C)c2ccccc2-c2cc3c4c(c21)-c1c(ccc2ccccc12)N(c1ccc(-c2ccccc2)cc1)B4c1cc(C24CC5CC(CC(C5)C2)C4)cc2c4cc(C56CC7CC(CC(C7)C5)C6)ccc4n-3c12. The Hall–Kier alpha value is -6.32. The first kappa shape index (κ1) is 40.2. The van der Waals surface area contributed by atoms with Crippen LogP contribution in [0.3, 0.4) is 0 Å². The quantitative estimate of drug-likeness (QED) is 0.160. The molecule has 20 rings (SSSR count). The van der Waals surface area contributed by atoms with Gasteiger partial charge in [-0.3, -0.25) is 0 Å². The number of nitrogens with zero attached hydrogens (tertiary/aromatic N) is 2. The number of hydrogen-bond acceptors (Lipinski definition) is 1. The van der Waals surface area contributed by atoms with E-state index in [1.165, 1.54) is 182 Å². The van der Waals surface area contributed by atoms with E-state index in [0.29, 0.717) is 5.41 Å². The molecule has 9 aliphatic carbocycles. The third-order valence-corrected chi connectivity index (χ3v) is 21.8. The summed E-state index contributed by atoms with van der Waals surface area (Å²) in [6.45, 7) is 5.02. The van der Waals surface area contributed by atoms with Crippen LogP contribution in [0.2, 0.25) is 0 Å². The highest BCUT2D eigenvalue weighted by Gasteiger charge is 2.55. The van der Waals surface area contributed by atoms with Crippen LogP contribution < -0.4 is 15.7 Å². The fourth-order valence-corrected chi connectivity index (χ4v) is 19.9. The standard InChI is InChI=1S/C69H61BN2/c1-67(2)57-15-9-8-14-53(57)55-33-61-65-63(64(55)67)62-52-13-7-6-12-48(52)18-22-60(62)72(51-20-16-47(17-21-51)46-10-4-3-5-11-46)70(65)58-32-50(69-37-43-27-44(38-69)29-45(28-43)39-69)31-56-54-30-49(19-23-59(54)71(61)66(56)58)68-34-40-24-41(35-68)26-42(25-40)36-68/h3-23,30-33,40-45H,24-29,34-39H2,1-2H3. The Morgan fingerprint density at radius 1 is 0.472 bits per heavy atom. The zero-order valence-corrected chi connectivity index (χ0v) is 41.9.